The van der Waals surface area contributed by atoms with Crippen molar-refractivity contribution in [3.63, 3.8) is 0 Å². The molecular weight excluding hydrogens is 362 g/mol. The largest absolute Gasteiger partial charge is 0.478 e. The maximum atomic E-state index is 11.6. The normalized spacial score (nSPS) is 18.8. The van der Waals surface area contributed by atoms with Gasteiger partial charge in [0.05, 0.1) is 22.6 Å². The third kappa shape index (κ3) is 6.01. The van der Waals surface area contributed by atoms with Crippen molar-refractivity contribution >= 4 is 5.97 Å². The van der Waals surface area contributed by atoms with E-state index in [1.807, 2.05) is 0 Å². The summed E-state index contributed by atoms with van der Waals surface area (Å²) in [6.07, 6.45) is -4.84. The van der Waals surface area contributed by atoms with E-state index in [0.29, 0.717) is 0 Å². The topological polar surface area (TPSA) is 69.6 Å². The fraction of sp³-hybridized carbons (Fsp3) is 0.240. The van der Waals surface area contributed by atoms with E-state index in [-0.39, 0.29) is 39.9 Å². The van der Waals surface area contributed by atoms with Gasteiger partial charge in [0, 0.05) is 12.0 Å². The van der Waals surface area contributed by atoms with E-state index in [2.05, 4.69) is 5.32 Å². The van der Waals surface area contributed by atoms with Crippen LogP contribution < -0.4 is 5.32 Å². The lowest BCUT2D eigenvalue weighted by Gasteiger charge is -2.13. The average Bonchev–Trinajstić information content (AvgIpc) is 2.88. The standard InChI is InChI=1S/C25H27NO3/c1-18-6-2-11-22(14-18)24(27)17-26-13-5-8-19-7-3-9-20(15-19)21-10-4-12-23(16-21)25(28)29/h2-4,6-7,9-12,14-16,24,26-27H,5,8,13,17H2,1H3,(H,28,29)/t24-/m0/s1/i2D,4D,5D2,6D,10D,11D,12D,13D2,14D,16D. The molecule has 3 rings (SSSR count). The number of aromatic carboxylic acids is 1. The number of carboxylic acids is 1. The van der Waals surface area contributed by atoms with Crippen molar-refractivity contribution < 1.29 is 31.5 Å². The van der Waals surface area contributed by atoms with Gasteiger partial charge in [-0.1, -0.05) is 66.1 Å². The molecule has 0 aliphatic heterocycles. The Hall–Kier alpha value is -2.95. The molecule has 150 valence electrons. The molecule has 0 heterocycles. The Labute approximate surface area is 188 Å². The molecule has 0 aromatic heterocycles. The molecule has 0 saturated heterocycles. The number of carbonyl (C=O) groups is 1. The Morgan fingerprint density at radius 2 is 2.00 bits per heavy atom. The lowest BCUT2D eigenvalue weighted by atomic mass is 9.99. The van der Waals surface area contributed by atoms with Crippen LogP contribution in [0.1, 0.15) is 56.0 Å². The van der Waals surface area contributed by atoms with Gasteiger partial charge >= 0.3 is 5.97 Å². The molecule has 0 fully saturated rings. The van der Waals surface area contributed by atoms with Gasteiger partial charge in [-0.3, -0.25) is 0 Å². The number of hydrogen-bond donors (Lipinski definition) is 3. The second-order valence-electron chi connectivity index (χ2n) is 6.17. The number of aryl methyl sites for hydroxylation is 1. The quantitative estimate of drug-likeness (QED) is 0.489. The molecule has 0 unspecified atom stereocenters. The minimum atomic E-state index is -2.78. The Balaban J connectivity index is 1.89. The molecule has 0 spiro atoms. The van der Waals surface area contributed by atoms with Gasteiger partial charge in [0.1, 0.15) is 0 Å². The molecule has 3 N–H and O–H groups in total. The van der Waals surface area contributed by atoms with E-state index in [0.717, 1.165) is 0 Å². The zero-order valence-electron chi connectivity index (χ0n) is 27.6. The van der Waals surface area contributed by atoms with Crippen molar-refractivity contribution in [2.45, 2.75) is 25.8 Å². The predicted octanol–water partition coefficient (Wildman–Crippen LogP) is 4.62. The third-order valence-electron chi connectivity index (χ3n) is 3.92. The summed E-state index contributed by atoms with van der Waals surface area (Å²) in [4.78, 5) is 11.6. The highest BCUT2D eigenvalue weighted by molar-refractivity contribution is 5.89. The summed E-state index contributed by atoms with van der Waals surface area (Å²) < 4.78 is 97.5. The van der Waals surface area contributed by atoms with Crippen LogP contribution in [-0.2, 0) is 6.42 Å². The Morgan fingerprint density at radius 3 is 2.83 bits per heavy atom. The average molecular weight is 402 g/mol. The number of carboxylic acid groups (broad SMARTS) is 1. The molecule has 29 heavy (non-hydrogen) atoms. The SMILES string of the molecule is [2H]c1c([2H])c(C(=O)O)c([2H])c(-c2cccc(CC([2H])([2H])C([2H])([2H])NC[C@H](O)c3c([2H])c([2H])c([2H])c(C)c3[2H])c2)c1[2H]. The van der Waals surface area contributed by atoms with Gasteiger partial charge in [-0.25, -0.2) is 4.79 Å². The lowest BCUT2D eigenvalue weighted by Crippen LogP contribution is -2.22. The number of hydrogen-bond acceptors (Lipinski definition) is 3. The van der Waals surface area contributed by atoms with E-state index in [9.17, 15) is 15.0 Å². The van der Waals surface area contributed by atoms with Crippen LogP contribution in [-0.4, -0.2) is 29.2 Å². The molecule has 3 aromatic carbocycles. The minimum absolute atomic E-state index is 0.0651. The summed E-state index contributed by atoms with van der Waals surface area (Å²) in [6, 6.07) is 1.26. The fourth-order valence-corrected chi connectivity index (χ4v) is 2.51. The zero-order valence-corrected chi connectivity index (χ0v) is 15.6. The molecule has 3 aromatic rings. The molecule has 0 radical (unpaired) electrons. The van der Waals surface area contributed by atoms with Crippen LogP contribution in [0.3, 0.4) is 0 Å². The summed E-state index contributed by atoms with van der Waals surface area (Å²) >= 11 is 0. The van der Waals surface area contributed by atoms with Crippen molar-refractivity contribution in [1.82, 2.24) is 5.32 Å². The number of aliphatic hydroxyl groups is 1. The van der Waals surface area contributed by atoms with Gasteiger partial charge in [0.15, 0.2) is 0 Å². The lowest BCUT2D eigenvalue weighted by molar-refractivity contribution is 0.0697. The number of rotatable bonds is 9. The van der Waals surface area contributed by atoms with Crippen molar-refractivity contribution in [3.8, 4) is 11.1 Å². The van der Waals surface area contributed by atoms with E-state index in [1.165, 1.54) is 31.2 Å². The maximum absolute atomic E-state index is 11.6. The Kier molecular flexibility index (Phi) is 3.52. The smallest absolute Gasteiger partial charge is 0.335 e. The van der Waals surface area contributed by atoms with Gasteiger partial charge in [0.2, 0.25) is 0 Å². The molecule has 0 aliphatic rings. The van der Waals surface area contributed by atoms with Crippen LogP contribution in [0.2, 0.25) is 0 Å². The Bertz CT molecular complexity index is 1500. The Morgan fingerprint density at radius 1 is 1.17 bits per heavy atom. The highest BCUT2D eigenvalue weighted by Gasteiger charge is 2.07. The minimum Gasteiger partial charge on any atom is -0.478 e. The monoisotopic (exact) mass is 401 g/mol. The summed E-state index contributed by atoms with van der Waals surface area (Å²) in [5.41, 5.74) is -0.898. The summed E-state index contributed by atoms with van der Waals surface area (Å²) in [5.74, 6) is -1.61. The van der Waals surface area contributed by atoms with Gasteiger partial charge in [0.25, 0.3) is 0 Å². The highest BCUT2D eigenvalue weighted by atomic mass is 16.4. The van der Waals surface area contributed by atoms with Crippen molar-refractivity contribution in [2.24, 2.45) is 0 Å². The molecule has 0 saturated carbocycles. The van der Waals surface area contributed by atoms with Crippen molar-refractivity contribution in [1.29, 1.82) is 0 Å². The first kappa shape index (κ1) is 10.2. The summed E-state index contributed by atoms with van der Waals surface area (Å²) in [6.45, 7) is -2.00. The molecular formula is C25H27NO3. The maximum Gasteiger partial charge on any atom is 0.335 e. The van der Waals surface area contributed by atoms with Crippen LogP contribution in [0.15, 0.2) is 72.6 Å². The molecule has 4 heteroatoms. The molecule has 1 atom stereocenters. The zero-order chi connectivity index (χ0) is 31.2. The predicted molar refractivity (Wildman–Crippen MR) is 116 cm³/mol. The van der Waals surface area contributed by atoms with Gasteiger partial charge in [-0.2, -0.15) is 0 Å². The molecule has 4 nitrogen and oxygen atoms in total. The van der Waals surface area contributed by atoms with Crippen LogP contribution in [0.25, 0.3) is 11.1 Å². The van der Waals surface area contributed by atoms with Crippen molar-refractivity contribution in [2.75, 3.05) is 13.0 Å². The molecule has 0 amide bonds. The fourth-order valence-electron chi connectivity index (χ4n) is 2.51. The third-order valence-corrected chi connectivity index (χ3v) is 3.92. The van der Waals surface area contributed by atoms with Gasteiger partial charge in [-0.15, -0.1) is 0 Å². The summed E-state index contributed by atoms with van der Waals surface area (Å²) in [5, 5.41) is 22.3. The van der Waals surface area contributed by atoms with E-state index >= 15 is 0 Å². The first-order valence-electron chi connectivity index (χ1n) is 14.8. The van der Waals surface area contributed by atoms with Gasteiger partial charge in [-0.05, 0) is 60.6 Å². The second-order valence-corrected chi connectivity index (χ2v) is 6.17. The number of benzene rings is 3. The van der Waals surface area contributed by atoms with E-state index < -0.39 is 79.7 Å². The van der Waals surface area contributed by atoms with Crippen LogP contribution in [0.4, 0.5) is 0 Å². The number of aliphatic hydroxyl groups excluding tert-OH is 1. The number of nitrogens with one attached hydrogen (secondary N) is 1. The van der Waals surface area contributed by atoms with Crippen LogP contribution in [0.5, 0.6) is 0 Å². The van der Waals surface area contributed by atoms with E-state index in [4.69, 9.17) is 16.4 Å². The van der Waals surface area contributed by atoms with Crippen LogP contribution in [0, 0.1) is 6.92 Å². The molecule has 0 bridgehead atoms. The van der Waals surface area contributed by atoms with Crippen molar-refractivity contribution in [3.05, 3.63) is 94.9 Å². The first-order valence-corrected chi connectivity index (χ1v) is 8.76. The van der Waals surface area contributed by atoms with E-state index in [1.54, 1.807) is 0 Å². The van der Waals surface area contributed by atoms with Gasteiger partial charge < -0.3 is 15.5 Å². The molecule has 0 aliphatic carbocycles. The second kappa shape index (κ2) is 10.0. The summed E-state index contributed by atoms with van der Waals surface area (Å²) in [7, 11) is 0. The van der Waals surface area contributed by atoms with Crippen LogP contribution >= 0.6 is 0 Å². The highest BCUT2D eigenvalue weighted by Crippen LogP contribution is 2.22. The first-order chi connectivity index (χ1) is 18.8.